The molecule has 0 aliphatic heterocycles. The highest BCUT2D eigenvalue weighted by atomic mass is 35.5. The SMILES string of the molecule is CC(=O)c1ccc(NS(=O)(=O)c2cc(Cl)ccc2Cl)cc1. The lowest BCUT2D eigenvalue weighted by Crippen LogP contribution is -2.13. The summed E-state index contributed by atoms with van der Waals surface area (Å²) in [5.41, 5.74) is 0.828. The van der Waals surface area contributed by atoms with Gasteiger partial charge in [-0.25, -0.2) is 8.42 Å². The van der Waals surface area contributed by atoms with Crippen molar-refractivity contribution in [1.82, 2.24) is 0 Å². The lowest BCUT2D eigenvalue weighted by molar-refractivity contribution is 0.101. The molecule has 4 nitrogen and oxygen atoms in total. The standard InChI is InChI=1S/C14H11Cl2NO3S/c1-9(18)10-2-5-12(6-3-10)17-21(19,20)14-8-11(15)4-7-13(14)16/h2-8,17H,1H3. The van der Waals surface area contributed by atoms with Crippen LogP contribution < -0.4 is 4.72 Å². The van der Waals surface area contributed by atoms with Crippen LogP contribution in [0.25, 0.3) is 0 Å². The summed E-state index contributed by atoms with van der Waals surface area (Å²) in [5.74, 6) is -0.0951. The molecule has 0 spiro atoms. The number of benzene rings is 2. The van der Waals surface area contributed by atoms with E-state index in [-0.39, 0.29) is 20.7 Å². The van der Waals surface area contributed by atoms with E-state index in [0.29, 0.717) is 11.3 Å². The summed E-state index contributed by atoms with van der Waals surface area (Å²) >= 11 is 11.7. The fourth-order valence-corrected chi connectivity index (χ4v) is 3.49. The minimum absolute atomic E-state index is 0.0762. The van der Waals surface area contributed by atoms with E-state index >= 15 is 0 Å². The first-order valence-corrected chi connectivity index (χ1v) is 8.12. The number of sulfonamides is 1. The van der Waals surface area contributed by atoms with Crippen molar-refractivity contribution in [2.75, 3.05) is 4.72 Å². The van der Waals surface area contributed by atoms with Crippen LogP contribution in [0.1, 0.15) is 17.3 Å². The summed E-state index contributed by atoms with van der Waals surface area (Å²) in [6.07, 6.45) is 0. The molecule has 0 radical (unpaired) electrons. The molecule has 0 aliphatic rings. The van der Waals surface area contributed by atoms with E-state index in [1.807, 2.05) is 0 Å². The van der Waals surface area contributed by atoms with Gasteiger partial charge in [0.2, 0.25) is 0 Å². The van der Waals surface area contributed by atoms with Crippen molar-refractivity contribution in [2.24, 2.45) is 0 Å². The maximum absolute atomic E-state index is 12.3. The molecule has 0 bridgehead atoms. The van der Waals surface area contributed by atoms with E-state index in [9.17, 15) is 13.2 Å². The van der Waals surface area contributed by atoms with E-state index in [1.54, 1.807) is 12.1 Å². The van der Waals surface area contributed by atoms with E-state index in [4.69, 9.17) is 23.2 Å². The molecule has 0 atom stereocenters. The molecule has 2 aromatic rings. The molecule has 0 unspecified atom stereocenters. The Morgan fingerprint density at radius 1 is 1.05 bits per heavy atom. The van der Waals surface area contributed by atoms with Crippen molar-refractivity contribution in [3.63, 3.8) is 0 Å². The Kier molecular flexibility index (Phi) is 4.56. The Labute approximate surface area is 132 Å². The van der Waals surface area contributed by atoms with Crippen LogP contribution in [0.3, 0.4) is 0 Å². The van der Waals surface area contributed by atoms with Gasteiger partial charge in [-0.15, -0.1) is 0 Å². The molecule has 21 heavy (non-hydrogen) atoms. The van der Waals surface area contributed by atoms with E-state index in [2.05, 4.69) is 4.72 Å². The van der Waals surface area contributed by atoms with Crippen LogP contribution in [0.4, 0.5) is 5.69 Å². The van der Waals surface area contributed by atoms with Crippen molar-refractivity contribution in [2.45, 2.75) is 11.8 Å². The largest absolute Gasteiger partial charge is 0.295 e. The number of hydrogen-bond acceptors (Lipinski definition) is 3. The van der Waals surface area contributed by atoms with Crippen LogP contribution in [-0.2, 0) is 10.0 Å². The summed E-state index contributed by atoms with van der Waals surface area (Å²) in [7, 11) is -3.85. The quantitative estimate of drug-likeness (QED) is 0.853. The Morgan fingerprint density at radius 2 is 1.67 bits per heavy atom. The molecule has 0 saturated carbocycles. The molecule has 0 aromatic heterocycles. The van der Waals surface area contributed by atoms with Crippen LogP contribution >= 0.6 is 23.2 Å². The van der Waals surface area contributed by atoms with Gasteiger partial charge < -0.3 is 0 Å². The molecule has 0 heterocycles. The summed E-state index contributed by atoms with van der Waals surface area (Å²) in [6, 6.07) is 10.3. The topological polar surface area (TPSA) is 63.2 Å². The minimum Gasteiger partial charge on any atom is -0.295 e. The highest BCUT2D eigenvalue weighted by molar-refractivity contribution is 7.92. The van der Waals surface area contributed by atoms with Gasteiger partial charge in [0.1, 0.15) is 4.90 Å². The molecule has 0 fully saturated rings. The van der Waals surface area contributed by atoms with Crippen LogP contribution in [0, 0.1) is 0 Å². The molecule has 0 aliphatic carbocycles. The lowest BCUT2D eigenvalue weighted by Gasteiger charge is -2.10. The van der Waals surface area contributed by atoms with Gasteiger partial charge in [0.25, 0.3) is 10.0 Å². The fraction of sp³-hybridized carbons (Fsp3) is 0.0714. The van der Waals surface area contributed by atoms with Crippen molar-refractivity contribution in [3.8, 4) is 0 Å². The van der Waals surface area contributed by atoms with Gasteiger partial charge in [0, 0.05) is 16.3 Å². The predicted octanol–water partition coefficient (Wildman–Crippen LogP) is 4.00. The second-order valence-electron chi connectivity index (χ2n) is 4.31. The number of nitrogens with one attached hydrogen (secondary N) is 1. The lowest BCUT2D eigenvalue weighted by atomic mass is 10.1. The second kappa shape index (κ2) is 6.05. The van der Waals surface area contributed by atoms with Crippen molar-refractivity contribution < 1.29 is 13.2 Å². The van der Waals surface area contributed by atoms with E-state index in [1.165, 1.54) is 37.3 Å². The van der Waals surface area contributed by atoms with Crippen molar-refractivity contribution in [1.29, 1.82) is 0 Å². The Morgan fingerprint density at radius 3 is 2.24 bits per heavy atom. The normalized spacial score (nSPS) is 11.2. The monoisotopic (exact) mass is 343 g/mol. The molecule has 1 N–H and O–H groups in total. The third-order valence-electron chi connectivity index (χ3n) is 2.73. The fourth-order valence-electron chi connectivity index (χ4n) is 1.67. The first-order valence-electron chi connectivity index (χ1n) is 5.88. The second-order valence-corrected chi connectivity index (χ2v) is 6.81. The number of anilines is 1. The number of rotatable bonds is 4. The van der Waals surface area contributed by atoms with Crippen LogP contribution in [-0.4, -0.2) is 14.2 Å². The van der Waals surface area contributed by atoms with Gasteiger partial charge in [-0.1, -0.05) is 23.2 Å². The number of Topliss-reactive ketones (excluding diaryl/α,β-unsaturated/α-hetero) is 1. The molecule has 2 aromatic carbocycles. The van der Waals surface area contributed by atoms with Crippen molar-refractivity contribution in [3.05, 3.63) is 58.1 Å². The van der Waals surface area contributed by atoms with Crippen LogP contribution in [0.15, 0.2) is 47.4 Å². The number of carbonyl (C=O) groups is 1. The number of halogens is 2. The predicted molar refractivity (Wildman–Crippen MR) is 83.7 cm³/mol. The van der Waals surface area contributed by atoms with Gasteiger partial charge in [-0.05, 0) is 49.4 Å². The van der Waals surface area contributed by atoms with Gasteiger partial charge in [0.05, 0.1) is 5.02 Å². The number of ketones is 1. The zero-order chi connectivity index (χ0) is 15.6. The van der Waals surface area contributed by atoms with E-state index in [0.717, 1.165) is 0 Å². The van der Waals surface area contributed by atoms with E-state index < -0.39 is 10.0 Å². The van der Waals surface area contributed by atoms with Crippen molar-refractivity contribution >= 4 is 44.7 Å². The molecular formula is C14H11Cl2NO3S. The number of carbonyl (C=O) groups excluding carboxylic acids is 1. The maximum Gasteiger partial charge on any atom is 0.263 e. The average molecular weight is 344 g/mol. The number of hydrogen-bond donors (Lipinski definition) is 1. The molecule has 110 valence electrons. The third kappa shape index (κ3) is 3.75. The Bertz CT molecular complexity index is 786. The third-order valence-corrected chi connectivity index (χ3v) is 4.82. The highest BCUT2D eigenvalue weighted by Gasteiger charge is 2.18. The molecule has 0 saturated heterocycles. The smallest absolute Gasteiger partial charge is 0.263 e. The van der Waals surface area contributed by atoms with Gasteiger partial charge in [-0.2, -0.15) is 0 Å². The molecule has 7 heteroatoms. The maximum atomic E-state index is 12.3. The Hall–Kier alpha value is -1.56. The average Bonchev–Trinajstić information content (AvgIpc) is 2.41. The summed E-state index contributed by atoms with van der Waals surface area (Å²) in [4.78, 5) is 11.1. The molecule has 2 rings (SSSR count). The Balaban J connectivity index is 2.33. The highest BCUT2D eigenvalue weighted by Crippen LogP contribution is 2.26. The van der Waals surface area contributed by atoms with Crippen LogP contribution in [0.5, 0.6) is 0 Å². The first-order chi connectivity index (χ1) is 9.79. The van der Waals surface area contributed by atoms with Crippen LogP contribution in [0.2, 0.25) is 10.0 Å². The minimum atomic E-state index is -3.85. The zero-order valence-corrected chi connectivity index (χ0v) is 13.3. The first kappa shape index (κ1) is 15.8. The zero-order valence-electron chi connectivity index (χ0n) is 10.9. The summed E-state index contributed by atoms with van der Waals surface area (Å²) < 4.78 is 26.9. The summed E-state index contributed by atoms with van der Waals surface area (Å²) in [5, 5.41) is 0.346. The van der Waals surface area contributed by atoms with Gasteiger partial charge in [0.15, 0.2) is 5.78 Å². The molecular weight excluding hydrogens is 333 g/mol. The van der Waals surface area contributed by atoms with Gasteiger partial charge in [-0.3, -0.25) is 9.52 Å². The van der Waals surface area contributed by atoms with Gasteiger partial charge >= 0.3 is 0 Å². The summed E-state index contributed by atoms with van der Waals surface area (Å²) in [6.45, 7) is 1.44. The molecule has 0 amide bonds.